The van der Waals surface area contributed by atoms with Gasteiger partial charge >= 0.3 is 0 Å². The maximum absolute atomic E-state index is 6.38. The van der Waals surface area contributed by atoms with Crippen LogP contribution in [0.2, 0.25) is 0 Å². The van der Waals surface area contributed by atoms with E-state index in [2.05, 4.69) is 31.2 Å². The molecule has 0 aliphatic carbocycles. The molecule has 0 amide bonds. The van der Waals surface area contributed by atoms with Crippen molar-refractivity contribution in [3.8, 4) is 0 Å². The SMILES string of the molecule is COC1(C(N)c2ccc(C)cc2)CCOCC1. The molecule has 0 radical (unpaired) electrons. The quantitative estimate of drug-likeness (QED) is 0.873. The minimum Gasteiger partial charge on any atom is -0.381 e. The van der Waals surface area contributed by atoms with Crippen LogP contribution in [0.1, 0.15) is 30.0 Å². The molecule has 3 nitrogen and oxygen atoms in total. The lowest BCUT2D eigenvalue weighted by molar-refractivity contribution is -0.105. The summed E-state index contributed by atoms with van der Waals surface area (Å²) in [5.74, 6) is 0. The van der Waals surface area contributed by atoms with Crippen LogP contribution in [0.15, 0.2) is 24.3 Å². The summed E-state index contributed by atoms with van der Waals surface area (Å²) < 4.78 is 11.1. The molecule has 1 aromatic carbocycles. The predicted molar refractivity (Wildman–Crippen MR) is 67.9 cm³/mol. The highest BCUT2D eigenvalue weighted by molar-refractivity contribution is 5.26. The van der Waals surface area contributed by atoms with Crippen molar-refractivity contribution in [1.29, 1.82) is 0 Å². The van der Waals surface area contributed by atoms with Gasteiger partial charge in [0, 0.05) is 33.2 Å². The summed E-state index contributed by atoms with van der Waals surface area (Å²) in [5, 5.41) is 0. The molecule has 1 aliphatic rings. The van der Waals surface area contributed by atoms with E-state index >= 15 is 0 Å². The van der Waals surface area contributed by atoms with Gasteiger partial charge < -0.3 is 15.2 Å². The zero-order valence-electron chi connectivity index (χ0n) is 10.6. The van der Waals surface area contributed by atoms with Gasteiger partial charge in [-0.3, -0.25) is 0 Å². The second kappa shape index (κ2) is 5.17. The minimum absolute atomic E-state index is 0.0861. The smallest absolute Gasteiger partial charge is 0.0914 e. The van der Waals surface area contributed by atoms with Crippen molar-refractivity contribution in [3.63, 3.8) is 0 Å². The molecule has 1 aromatic rings. The third-order valence-electron chi connectivity index (χ3n) is 3.75. The highest BCUT2D eigenvalue weighted by Crippen LogP contribution is 2.35. The van der Waals surface area contributed by atoms with E-state index < -0.39 is 0 Å². The topological polar surface area (TPSA) is 44.5 Å². The maximum Gasteiger partial charge on any atom is 0.0914 e. The highest BCUT2D eigenvalue weighted by atomic mass is 16.5. The number of aryl methyl sites for hydroxylation is 1. The molecule has 1 atom stereocenters. The van der Waals surface area contributed by atoms with E-state index in [1.54, 1.807) is 7.11 Å². The normalized spacial score (nSPS) is 21.1. The first-order valence-electron chi connectivity index (χ1n) is 6.13. The number of ether oxygens (including phenoxy) is 2. The summed E-state index contributed by atoms with van der Waals surface area (Å²) in [6.07, 6.45) is 1.72. The van der Waals surface area contributed by atoms with E-state index in [-0.39, 0.29) is 11.6 Å². The standard InChI is InChI=1S/C14H21NO2/c1-11-3-5-12(6-4-11)13(15)14(16-2)7-9-17-10-8-14/h3-6,13H,7-10,15H2,1-2H3. The van der Waals surface area contributed by atoms with Gasteiger partial charge in [-0.2, -0.15) is 0 Å². The maximum atomic E-state index is 6.38. The lowest BCUT2D eigenvalue weighted by Gasteiger charge is -2.40. The van der Waals surface area contributed by atoms with Crippen molar-refractivity contribution in [1.82, 2.24) is 0 Å². The molecule has 94 valence electrons. The lowest BCUT2D eigenvalue weighted by Crippen LogP contribution is -2.47. The van der Waals surface area contributed by atoms with Gasteiger partial charge in [0.2, 0.25) is 0 Å². The number of benzene rings is 1. The summed E-state index contributed by atoms with van der Waals surface area (Å²) in [4.78, 5) is 0. The van der Waals surface area contributed by atoms with Gasteiger partial charge in [-0.05, 0) is 12.5 Å². The van der Waals surface area contributed by atoms with E-state index in [0.29, 0.717) is 0 Å². The van der Waals surface area contributed by atoms with Crippen LogP contribution in [0, 0.1) is 6.92 Å². The largest absolute Gasteiger partial charge is 0.381 e. The van der Waals surface area contributed by atoms with Crippen LogP contribution < -0.4 is 5.73 Å². The monoisotopic (exact) mass is 235 g/mol. The predicted octanol–water partition coefficient (Wildman–Crippen LogP) is 2.19. The summed E-state index contributed by atoms with van der Waals surface area (Å²) in [6, 6.07) is 8.29. The molecule has 17 heavy (non-hydrogen) atoms. The summed E-state index contributed by atoms with van der Waals surface area (Å²) in [7, 11) is 1.75. The highest BCUT2D eigenvalue weighted by Gasteiger charge is 2.39. The van der Waals surface area contributed by atoms with Crippen molar-refractivity contribution < 1.29 is 9.47 Å². The molecule has 1 saturated heterocycles. The average molecular weight is 235 g/mol. The number of nitrogens with two attached hydrogens (primary N) is 1. The Morgan fingerprint density at radius 3 is 2.35 bits per heavy atom. The van der Waals surface area contributed by atoms with E-state index in [0.717, 1.165) is 31.6 Å². The number of hydrogen-bond acceptors (Lipinski definition) is 3. The van der Waals surface area contributed by atoms with Crippen LogP contribution in [-0.2, 0) is 9.47 Å². The van der Waals surface area contributed by atoms with Crippen LogP contribution in [0.5, 0.6) is 0 Å². The fourth-order valence-electron chi connectivity index (χ4n) is 2.44. The van der Waals surface area contributed by atoms with Gasteiger partial charge in [0.15, 0.2) is 0 Å². The summed E-state index contributed by atoms with van der Waals surface area (Å²) >= 11 is 0. The zero-order chi connectivity index (χ0) is 12.3. The van der Waals surface area contributed by atoms with Crippen molar-refractivity contribution in [3.05, 3.63) is 35.4 Å². The Morgan fingerprint density at radius 2 is 1.82 bits per heavy atom. The lowest BCUT2D eigenvalue weighted by atomic mass is 9.82. The fourth-order valence-corrected chi connectivity index (χ4v) is 2.44. The molecular formula is C14H21NO2. The molecule has 0 spiro atoms. The van der Waals surface area contributed by atoms with E-state index in [1.807, 2.05) is 0 Å². The first-order chi connectivity index (χ1) is 8.18. The molecule has 0 bridgehead atoms. The third-order valence-corrected chi connectivity index (χ3v) is 3.75. The van der Waals surface area contributed by atoms with Crippen LogP contribution in [0.4, 0.5) is 0 Å². The van der Waals surface area contributed by atoms with E-state index in [4.69, 9.17) is 15.2 Å². The van der Waals surface area contributed by atoms with Crippen molar-refractivity contribution in [2.75, 3.05) is 20.3 Å². The second-order valence-corrected chi connectivity index (χ2v) is 4.77. The van der Waals surface area contributed by atoms with Crippen LogP contribution in [0.25, 0.3) is 0 Å². The minimum atomic E-state index is -0.270. The Labute approximate surface area is 103 Å². The van der Waals surface area contributed by atoms with Crippen molar-refractivity contribution in [2.45, 2.75) is 31.4 Å². The van der Waals surface area contributed by atoms with Gasteiger partial charge in [-0.25, -0.2) is 0 Å². The third kappa shape index (κ3) is 2.51. The Bertz CT molecular complexity index is 355. The van der Waals surface area contributed by atoms with Crippen molar-refractivity contribution >= 4 is 0 Å². The Kier molecular flexibility index (Phi) is 3.82. The molecule has 2 N–H and O–H groups in total. The average Bonchev–Trinajstić information content (AvgIpc) is 2.39. The first-order valence-corrected chi connectivity index (χ1v) is 6.13. The fraction of sp³-hybridized carbons (Fsp3) is 0.571. The molecule has 1 aliphatic heterocycles. The van der Waals surface area contributed by atoms with E-state index in [9.17, 15) is 0 Å². The van der Waals surface area contributed by atoms with Gasteiger partial charge in [0.1, 0.15) is 0 Å². The van der Waals surface area contributed by atoms with Crippen LogP contribution >= 0.6 is 0 Å². The summed E-state index contributed by atoms with van der Waals surface area (Å²) in [5.41, 5.74) is 8.50. The van der Waals surface area contributed by atoms with Crippen LogP contribution in [-0.4, -0.2) is 25.9 Å². The molecule has 1 unspecified atom stereocenters. The molecule has 3 heteroatoms. The second-order valence-electron chi connectivity index (χ2n) is 4.77. The Hall–Kier alpha value is -0.900. The van der Waals surface area contributed by atoms with Gasteiger partial charge in [-0.15, -0.1) is 0 Å². The number of hydrogen-bond donors (Lipinski definition) is 1. The molecule has 1 fully saturated rings. The Morgan fingerprint density at radius 1 is 1.24 bits per heavy atom. The molecule has 1 heterocycles. The van der Waals surface area contributed by atoms with Gasteiger partial charge in [0.05, 0.1) is 11.6 Å². The van der Waals surface area contributed by atoms with E-state index in [1.165, 1.54) is 5.56 Å². The molecule has 0 saturated carbocycles. The van der Waals surface area contributed by atoms with Crippen molar-refractivity contribution in [2.24, 2.45) is 5.73 Å². The summed E-state index contributed by atoms with van der Waals surface area (Å²) in [6.45, 7) is 3.54. The Balaban J connectivity index is 2.21. The molecule has 2 rings (SSSR count). The van der Waals surface area contributed by atoms with Gasteiger partial charge in [-0.1, -0.05) is 29.8 Å². The first kappa shape index (κ1) is 12.6. The molecule has 0 aromatic heterocycles. The molecular weight excluding hydrogens is 214 g/mol. The number of methoxy groups -OCH3 is 1. The number of rotatable bonds is 3. The van der Waals surface area contributed by atoms with Gasteiger partial charge in [0.25, 0.3) is 0 Å². The zero-order valence-corrected chi connectivity index (χ0v) is 10.6. The van der Waals surface area contributed by atoms with Crippen LogP contribution in [0.3, 0.4) is 0 Å².